The van der Waals surface area contributed by atoms with Crippen molar-refractivity contribution in [1.82, 2.24) is 15.5 Å². The van der Waals surface area contributed by atoms with Gasteiger partial charge in [0.1, 0.15) is 6.04 Å². The van der Waals surface area contributed by atoms with Crippen LogP contribution in [0.1, 0.15) is 39.5 Å². The number of carbonyl (C=O) groups excluding carboxylic acids is 4. The molecule has 7 nitrogen and oxygen atoms in total. The summed E-state index contributed by atoms with van der Waals surface area (Å²) in [4.78, 5) is 49.4. The van der Waals surface area contributed by atoms with E-state index in [1.54, 1.807) is 0 Å². The van der Waals surface area contributed by atoms with Crippen LogP contribution < -0.4 is 10.6 Å². The van der Waals surface area contributed by atoms with Gasteiger partial charge in [-0.05, 0) is 19.3 Å². The summed E-state index contributed by atoms with van der Waals surface area (Å²) in [6, 6.07) is -1.43. The first-order valence-corrected chi connectivity index (χ1v) is 7.92. The molecular weight excluding hydrogens is 298 g/mol. The summed E-state index contributed by atoms with van der Waals surface area (Å²) < 4.78 is 0. The van der Waals surface area contributed by atoms with Crippen LogP contribution in [0.4, 0.5) is 0 Å². The molecule has 0 spiro atoms. The maximum atomic E-state index is 12.4. The van der Waals surface area contributed by atoms with Gasteiger partial charge < -0.3 is 15.5 Å². The Labute approximate surface area is 136 Å². The Morgan fingerprint density at radius 2 is 2.04 bits per heavy atom. The fraction of sp³-hybridized carbons (Fsp3) is 0.625. The molecule has 1 saturated heterocycles. The number of hydrogen-bond acceptors (Lipinski definition) is 4. The third-order valence-electron chi connectivity index (χ3n) is 3.80. The predicted octanol–water partition coefficient (Wildman–Crippen LogP) is 0.154. The van der Waals surface area contributed by atoms with E-state index >= 15 is 0 Å². The molecule has 0 radical (unpaired) electrons. The lowest BCUT2D eigenvalue weighted by Crippen LogP contribution is -2.53. The van der Waals surface area contributed by atoms with Gasteiger partial charge in [0.05, 0.1) is 6.04 Å². The molecule has 2 unspecified atom stereocenters. The third kappa shape index (κ3) is 5.19. The SMILES string of the molecule is C=CCNC(=O)C(=O)C(CCC)NC(=O)C1CCCN1C(C)=O. The highest BCUT2D eigenvalue weighted by molar-refractivity contribution is 6.38. The molecule has 1 rings (SSSR count). The minimum absolute atomic E-state index is 0.162. The Bertz CT molecular complexity index is 490. The van der Waals surface area contributed by atoms with Crippen molar-refractivity contribution >= 4 is 23.5 Å². The zero-order valence-electron chi connectivity index (χ0n) is 13.8. The van der Waals surface area contributed by atoms with Crippen LogP contribution in [0.25, 0.3) is 0 Å². The summed E-state index contributed by atoms with van der Waals surface area (Å²) >= 11 is 0. The van der Waals surface area contributed by atoms with Crippen LogP contribution in [0.3, 0.4) is 0 Å². The van der Waals surface area contributed by atoms with Crippen LogP contribution in [-0.4, -0.2) is 53.6 Å². The molecule has 0 saturated carbocycles. The zero-order valence-corrected chi connectivity index (χ0v) is 13.8. The maximum Gasteiger partial charge on any atom is 0.289 e. The molecule has 2 atom stereocenters. The Hall–Kier alpha value is -2.18. The summed E-state index contributed by atoms with van der Waals surface area (Å²) in [6.45, 7) is 7.49. The molecular formula is C16H25N3O4. The van der Waals surface area contributed by atoms with Gasteiger partial charge in [-0.3, -0.25) is 19.2 Å². The minimum atomic E-state index is -0.869. The van der Waals surface area contributed by atoms with E-state index < -0.39 is 23.8 Å². The van der Waals surface area contributed by atoms with Gasteiger partial charge in [0, 0.05) is 20.0 Å². The maximum absolute atomic E-state index is 12.4. The molecule has 128 valence electrons. The lowest BCUT2D eigenvalue weighted by molar-refractivity contribution is -0.141. The number of hydrogen-bond donors (Lipinski definition) is 2. The molecule has 23 heavy (non-hydrogen) atoms. The highest BCUT2D eigenvalue weighted by Crippen LogP contribution is 2.17. The second-order valence-electron chi connectivity index (χ2n) is 5.58. The third-order valence-corrected chi connectivity index (χ3v) is 3.80. The molecule has 0 aromatic carbocycles. The average molecular weight is 323 g/mol. The molecule has 0 aromatic heterocycles. The predicted molar refractivity (Wildman–Crippen MR) is 85.5 cm³/mol. The van der Waals surface area contributed by atoms with E-state index in [-0.39, 0.29) is 18.4 Å². The smallest absolute Gasteiger partial charge is 0.289 e. The van der Waals surface area contributed by atoms with Crippen LogP contribution >= 0.6 is 0 Å². The highest BCUT2D eigenvalue weighted by atomic mass is 16.2. The quantitative estimate of drug-likeness (QED) is 0.491. The van der Waals surface area contributed by atoms with E-state index in [0.29, 0.717) is 25.8 Å². The second kappa shape index (κ2) is 9.07. The fourth-order valence-corrected chi connectivity index (χ4v) is 2.65. The first kappa shape index (κ1) is 18.9. The molecule has 1 aliphatic rings. The number of ketones is 1. The summed E-state index contributed by atoms with van der Waals surface area (Å²) in [5.41, 5.74) is 0. The van der Waals surface area contributed by atoms with Crippen molar-refractivity contribution in [2.75, 3.05) is 13.1 Å². The van der Waals surface area contributed by atoms with E-state index in [4.69, 9.17) is 0 Å². The normalized spacial score (nSPS) is 18.2. The average Bonchev–Trinajstić information content (AvgIpc) is 3.01. The molecule has 0 bridgehead atoms. The van der Waals surface area contributed by atoms with Crippen LogP contribution in [0.5, 0.6) is 0 Å². The second-order valence-corrected chi connectivity index (χ2v) is 5.58. The first-order chi connectivity index (χ1) is 10.9. The van der Waals surface area contributed by atoms with Crippen molar-refractivity contribution in [3.8, 4) is 0 Å². The largest absolute Gasteiger partial charge is 0.346 e. The van der Waals surface area contributed by atoms with Crippen LogP contribution in [0, 0.1) is 0 Å². The van der Waals surface area contributed by atoms with Gasteiger partial charge in [-0.15, -0.1) is 6.58 Å². The van der Waals surface area contributed by atoms with Gasteiger partial charge in [-0.25, -0.2) is 0 Å². The summed E-state index contributed by atoms with van der Waals surface area (Å²) in [6.07, 6.45) is 3.82. The molecule has 1 fully saturated rings. The van der Waals surface area contributed by atoms with Crippen LogP contribution in [-0.2, 0) is 19.2 Å². The minimum Gasteiger partial charge on any atom is -0.346 e. The molecule has 7 heteroatoms. The summed E-state index contributed by atoms with van der Waals surface area (Å²) in [7, 11) is 0. The lowest BCUT2D eigenvalue weighted by Gasteiger charge is -2.25. The van der Waals surface area contributed by atoms with Gasteiger partial charge in [0.25, 0.3) is 5.91 Å². The number of nitrogens with zero attached hydrogens (tertiary/aromatic N) is 1. The number of nitrogens with one attached hydrogen (secondary N) is 2. The molecule has 3 amide bonds. The van der Waals surface area contributed by atoms with Gasteiger partial charge in [0.2, 0.25) is 17.6 Å². The molecule has 0 aliphatic carbocycles. The number of rotatable bonds is 8. The number of amides is 3. The zero-order chi connectivity index (χ0) is 17.4. The Balaban J connectivity index is 2.72. The van der Waals surface area contributed by atoms with Gasteiger partial charge in [-0.1, -0.05) is 19.4 Å². The monoisotopic (exact) mass is 323 g/mol. The van der Waals surface area contributed by atoms with Crippen LogP contribution in [0.15, 0.2) is 12.7 Å². The van der Waals surface area contributed by atoms with Gasteiger partial charge in [-0.2, -0.15) is 0 Å². The molecule has 2 N–H and O–H groups in total. The van der Waals surface area contributed by atoms with Crippen molar-refractivity contribution in [1.29, 1.82) is 0 Å². The van der Waals surface area contributed by atoms with Crippen molar-refractivity contribution in [3.63, 3.8) is 0 Å². The summed E-state index contributed by atoms with van der Waals surface area (Å²) in [5, 5.41) is 5.05. The van der Waals surface area contributed by atoms with E-state index in [0.717, 1.165) is 6.42 Å². The van der Waals surface area contributed by atoms with Crippen LogP contribution in [0.2, 0.25) is 0 Å². The number of likely N-dealkylation sites (tertiary alicyclic amines) is 1. The van der Waals surface area contributed by atoms with Crippen molar-refractivity contribution < 1.29 is 19.2 Å². The molecule has 0 aromatic rings. The lowest BCUT2D eigenvalue weighted by atomic mass is 10.1. The van der Waals surface area contributed by atoms with Crippen molar-refractivity contribution in [2.24, 2.45) is 0 Å². The Morgan fingerprint density at radius 3 is 2.61 bits per heavy atom. The number of Topliss-reactive ketones (excluding diaryl/α,β-unsaturated/α-hetero) is 1. The summed E-state index contributed by atoms with van der Waals surface area (Å²) in [5.74, 6) is -1.95. The van der Waals surface area contributed by atoms with Crippen molar-refractivity contribution in [3.05, 3.63) is 12.7 Å². The Kier molecular flexibility index (Phi) is 7.44. The van der Waals surface area contributed by atoms with E-state index in [2.05, 4.69) is 17.2 Å². The molecule has 1 aliphatic heterocycles. The van der Waals surface area contributed by atoms with E-state index in [9.17, 15) is 19.2 Å². The standard InChI is InChI=1S/C16H25N3O4/c1-4-7-12(14(21)16(23)17-9-5-2)18-15(22)13-8-6-10-19(13)11(3)20/h5,12-13H,2,4,6-10H2,1,3H3,(H,17,23)(H,18,22). The topological polar surface area (TPSA) is 95.6 Å². The Morgan fingerprint density at radius 1 is 1.35 bits per heavy atom. The van der Waals surface area contributed by atoms with E-state index in [1.165, 1.54) is 17.9 Å². The number of carbonyl (C=O) groups is 4. The van der Waals surface area contributed by atoms with E-state index in [1.807, 2.05) is 6.92 Å². The van der Waals surface area contributed by atoms with Crippen molar-refractivity contribution in [2.45, 2.75) is 51.6 Å². The first-order valence-electron chi connectivity index (χ1n) is 7.92. The molecule has 1 heterocycles. The van der Waals surface area contributed by atoms with Gasteiger partial charge in [0.15, 0.2) is 0 Å². The fourth-order valence-electron chi connectivity index (χ4n) is 2.65. The highest BCUT2D eigenvalue weighted by Gasteiger charge is 2.35. The van der Waals surface area contributed by atoms with Gasteiger partial charge >= 0.3 is 0 Å².